The molecule has 29 heavy (non-hydrogen) atoms. The first kappa shape index (κ1) is 20.8. The number of hydrogen-bond donors (Lipinski definition) is 1. The summed E-state index contributed by atoms with van der Waals surface area (Å²) in [7, 11) is 5.25. The monoisotopic (exact) mass is 408 g/mol. The lowest BCUT2D eigenvalue weighted by Crippen LogP contribution is -2.09. The van der Waals surface area contributed by atoms with E-state index in [1.807, 2.05) is 42.5 Å². The van der Waals surface area contributed by atoms with Gasteiger partial charge in [0.2, 0.25) is 0 Å². The Kier molecular flexibility index (Phi) is 6.50. The molecule has 0 aliphatic heterocycles. The second kappa shape index (κ2) is 9.06. The van der Waals surface area contributed by atoms with Gasteiger partial charge in [-0.1, -0.05) is 47.4 Å². The third-order valence-corrected chi connectivity index (χ3v) is 5.22. The average molecular weight is 409 g/mol. The van der Waals surface area contributed by atoms with Crippen molar-refractivity contribution in [3.05, 3.63) is 65.2 Å². The van der Waals surface area contributed by atoms with E-state index in [9.17, 15) is 4.79 Å². The van der Waals surface area contributed by atoms with Crippen LogP contribution in [0.15, 0.2) is 54.6 Å². The first-order valence-corrected chi connectivity index (χ1v) is 9.64. The molecular formula is C23H22BClO4. The maximum atomic E-state index is 11.1. The van der Waals surface area contributed by atoms with Gasteiger partial charge in [-0.15, -0.1) is 0 Å². The molecule has 3 aromatic carbocycles. The molecule has 0 aliphatic rings. The highest BCUT2D eigenvalue weighted by molar-refractivity contribution is 6.36. The minimum absolute atomic E-state index is 0.0711. The van der Waals surface area contributed by atoms with Crippen molar-refractivity contribution < 1.29 is 19.4 Å². The minimum atomic E-state index is -0.817. The molecule has 0 spiro atoms. The number of aliphatic carboxylic acids is 1. The van der Waals surface area contributed by atoms with Gasteiger partial charge in [0.05, 0.1) is 19.2 Å². The summed E-state index contributed by atoms with van der Waals surface area (Å²) in [5.74, 6) is 0.545. The van der Waals surface area contributed by atoms with Crippen LogP contribution in [0.25, 0.3) is 22.3 Å². The summed E-state index contributed by atoms with van der Waals surface area (Å²) < 4.78 is 10.5. The summed E-state index contributed by atoms with van der Waals surface area (Å²) in [5, 5.41) is 9.66. The Morgan fingerprint density at radius 2 is 1.66 bits per heavy atom. The summed E-state index contributed by atoms with van der Waals surface area (Å²) in [5.41, 5.74) is 6.19. The SMILES string of the molecule is Bc1cc(-c2ccc(OC)c(Cl)c2)ccc1-c1ccc(OC)cc1CCC(=O)O. The standard InChI is InChI=1S/C23H22BClO4/c1-28-17-6-8-18(16(11-17)5-10-23(26)27)19-7-3-14(12-20(19)24)15-4-9-22(29-2)21(25)13-15/h3-4,6-9,11-13H,5,10,24H2,1-2H3,(H,26,27). The van der Waals surface area contributed by atoms with Crippen molar-refractivity contribution in [2.24, 2.45) is 0 Å². The molecule has 4 nitrogen and oxygen atoms in total. The maximum Gasteiger partial charge on any atom is 0.303 e. The number of benzene rings is 3. The van der Waals surface area contributed by atoms with Crippen molar-refractivity contribution in [3.8, 4) is 33.8 Å². The molecule has 0 atom stereocenters. The van der Waals surface area contributed by atoms with Crippen molar-refractivity contribution >= 4 is 30.9 Å². The number of halogens is 1. The Morgan fingerprint density at radius 1 is 0.966 bits per heavy atom. The van der Waals surface area contributed by atoms with Crippen LogP contribution in [0.2, 0.25) is 5.02 Å². The van der Waals surface area contributed by atoms with Gasteiger partial charge < -0.3 is 14.6 Å². The van der Waals surface area contributed by atoms with Gasteiger partial charge in [0.15, 0.2) is 0 Å². The summed E-state index contributed by atoms with van der Waals surface area (Å²) in [6.45, 7) is 0. The molecule has 0 radical (unpaired) electrons. The Labute approximate surface area is 176 Å². The summed E-state index contributed by atoms with van der Waals surface area (Å²) >= 11 is 6.27. The molecule has 3 rings (SSSR count). The molecule has 0 aromatic heterocycles. The molecule has 0 bridgehead atoms. The number of carboxylic acid groups (broad SMARTS) is 1. The molecule has 0 saturated carbocycles. The Morgan fingerprint density at radius 3 is 2.28 bits per heavy atom. The molecule has 0 aliphatic carbocycles. The van der Waals surface area contributed by atoms with Crippen LogP contribution in [-0.2, 0) is 11.2 Å². The third kappa shape index (κ3) is 4.74. The number of hydrogen-bond acceptors (Lipinski definition) is 3. The van der Waals surface area contributed by atoms with Gasteiger partial charge in [-0.05, 0) is 58.5 Å². The van der Waals surface area contributed by atoms with Gasteiger partial charge in [0, 0.05) is 6.42 Å². The molecular weight excluding hydrogens is 387 g/mol. The normalized spacial score (nSPS) is 10.6. The number of carbonyl (C=O) groups is 1. The average Bonchev–Trinajstić information content (AvgIpc) is 2.72. The second-order valence-electron chi connectivity index (χ2n) is 6.80. The zero-order valence-electron chi connectivity index (χ0n) is 16.7. The van der Waals surface area contributed by atoms with Crippen LogP contribution in [0.3, 0.4) is 0 Å². The summed E-state index contributed by atoms with van der Waals surface area (Å²) in [6, 6.07) is 17.7. The first-order chi connectivity index (χ1) is 13.9. The van der Waals surface area contributed by atoms with Gasteiger partial charge in [0.1, 0.15) is 19.3 Å². The van der Waals surface area contributed by atoms with Crippen LogP contribution < -0.4 is 14.9 Å². The lowest BCUT2D eigenvalue weighted by atomic mass is 9.83. The molecule has 0 saturated heterocycles. The lowest BCUT2D eigenvalue weighted by molar-refractivity contribution is -0.136. The van der Waals surface area contributed by atoms with E-state index in [-0.39, 0.29) is 6.42 Å². The fraction of sp³-hybridized carbons (Fsp3) is 0.174. The van der Waals surface area contributed by atoms with Crippen LogP contribution in [0.5, 0.6) is 11.5 Å². The van der Waals surface area contributed by atoms with E-state index in [4.69, 9.17) is 26.2 Å². The molecule has 0 unspecified atom stereocenters. The van der Waals surface area contributed by atoms with E-state index >= 15 is 0 Å². The number of ether oxygens (including phenoxy) is 2. The van der Waals surface area contributed by atoms with Crippen molar-refractivity contribution in [2.75, 3.05) is 14.2 Å². The lowest BCUT2D eigenvalue weighted by Gasteiger charge is -2.15. The smallest absolute Gasteiger partial charge is 0.303 e. The van der Waals surface area contributed by atoms with E-state index in [1.165, 1.54) is 0 Å². The van der Waals surface area contributed by atoms with Gasteiger partial charge >= 0.3 is 5.97 Å². The van der Waals surface area contributed by atoms with Crippen molar-refractivity contribution in [3.63, 3.8) is 0 Å². The van der Waals surface area contributed by atoms with Crippen LogP contribution in [-0.4, -0.2) is 33.1 Å². The zero-order valence-corrected chi connectivity index (χ0v) is 17.4. The van der Waals surface area contributed by atoms with Gasteiger partial charge in [-0.3, -0.25) is 4.79 Å². The van der Waals surface area contributed by atoms with E-state index in [2.05, 4.69) is 20.0 Å². The van der Waals surface area contributed by atoms with Crippen LogP contribution in [0, 0.1) is 0 Å². The Balaban J connectivity index is 2.00. The largest absolute Gasteiger partial charge is 0.497 e. The number of rotatable bonds is 7. The highest BCUT2D eigenvalue weighted by atomic mass is 35.5. The van der Waals surface area contributed by atoms with Gasteiger partial charge in [0.25, 0.3) is 0 Å². The molecule has 6 heteroatoms. The Bertz CT molecular complexity index is 1050. The Hall–Kier alpha value is -2.92. The van der Waals surface area contributed by atoms with Crippen molar-refractivity contribution in [1.29, 1.82) is 0 Å². The number of carboxylic acids is 1. The molecule has 0 amide bonds. The first-order valence-electron chi connectivity index (χ1n) is 9.26. The van der Waals surface area contributed by atoms with Crippen molar-refractivity contribution in [1.82, 2.24) is 0 Å². The molecule has 3 aromatic rings. The molecule has 1 N–H and O–H groups in total. The zero-order chi connectivity index (χ0) is 21.0. The highest BCUT2D eigenvalue weighted by Crippen LogP contribution is 2.32. The van der Waals surface area contributed by atoms with Crippen LogP contribution in [0.1, 0.15) is 12.0 Å². The highest BCUT2D eigenvalue weighted by Gasteiger charge is 2.12. The summed E-state index contributed by atoms with van der Waals surface area (Å²) in [4.78, 5) is 11.1. The fourth-order valence-corrected chi connectivity index (χ4v) is 3.66. The van der Waals surface area contributed by atoms with E-state index < -0.39 is 5.97 Å². The molecule has 0 heterocycles. The second-order valence-corrected chi connectivity index (χ2v) is 7.20. The van der Waals surface area contributed by atoms with Crippen LogP contribution >= 0.6 is 11.6 Å². The predicted molar refractivity (Wildman–Crippen MR) is 120 cm³/mol. The van der Waals surface area contributed by atoms with Gasteiger partial charge in [-0.25, -0.2) is 0 Å². The quantitative estimate of drug-likeness (QED) is 0.601. The number of methoxy groups -OCH3 is 2. The van der Waals surface area contributed by atoms with E-state index in [0.717, 1.165) is 39.0 Å². The maximum absolute atomic E-state index is 11.1. The topological polar surface area (TPSA) is 55.8 Å². The third-order valence-electron chi connectivity index (χ3n) is 4.92. The van der Waals surface area contributed by atoms with E-state index in [0.29, 0.717) is 17.2 Å². The number of aryl methyl sites for hydroxylation is 1. The van der Waals surface area contributed by atoms with Crippen molar-refractivity contribution in [2.45, 2.75) is 12.8 Å². The molecule has 0 fully saturated rings. The predicted octanol–water partition coefficient (Wildman–Crippen LogP) is 3.97. The van der Waals surface area contributed by atoms with Gasteiger partial charge in [-0.2, -0.15) is 0 Å². The molecule has 148 valence electrons. The fourth-order valence-electron chi connectivity index (χ4n) is 3.40. The van der Waals surface area contributed by atoms with Crippen LogP contribution in [0.4, 0.5) is 0 Å². The van der Waals surface area contributed by atoms with E-state index in [1.54, 1.807) is 14.2 Å². The summed E-state index contributed by atoms with van der Waals surface area (Å²) in [6.07, 6.45) is 0.513. The minimum Gasteiger partial charge on any atom is -0.497 e.